The van der Waals surface area contributed by atoms with Gasteiger partial charge in [-0.2, -0.15) is 0 Å². The van der Waals surface area contributed by atoms with E-state index in [9.17, 15) is 14.9 Å². The van der Waals surface area contributed by atoms with Gasteiger partial charge in [-0.1, -0.05) is 0 Å². The highest BCUT2D eigenvalue weighted by Crippen LogP contribution is 2.46. The average molecular weight is 271 g/mol. The Morgan fingerprint density at radius 1 is 1.00 bits per heavy atom. The third-order valence-corrected chi connectivity index (χ3v) is 2.93. The van der Waals surface area contributed by atoms with E-state index < -0.39 is 4.92 Å². The predicted octanol–water partition coefficient (Wildman–Crippen LogP) is 3.70. The molecule has 6 nitrogen and oxygen atoms in total. The van der Waals surface area contributed by atoms with Crippen LogP contribution in [0.4, 0.5) is 5.69 Å². The zero-order valence-corrected chi connectivity index (χ0v) is 10.5. The largest absolute Gasteiger partial charge is 0.449 e. The van der Waals surface area contributed by atoms with Gasteiger partial charge in [-0.3, -0.25) is 14.9 Å². The van der Waals surface area contributed by atoms with Gasteiger partial charge < -0.3 is 9.47 Å². The van der Waals surface area contributed by atoms with Gasteiger partial charge in [0, 0.05) is 11.6 Å². The van der Waals surface area contributed by atoms with Gasteiger partial charge in [-0.25, -0.2) is 0 Å². The Balaban J connectivity index is 2.02. The van der Waals surface area contributed by atoms with Gasteiger partial charge >= 0.3 is 0 Å². The molecule has 1 heterocycles. The molecule has 0 atom stereocenters. The third-order valence-electron chi connectivity index (χ3n) is 2.93. The number of hydrogen-bond acceptors (Lipinski definition) is 5. The van der Waals surface area contributed by atoms with E-state index in [1.807, 2.05) is 0 Å². The van der Waals surface area contributed by atoms with Crippen molar-refractivity contribution in [2.75, 3.05) is 0 Å². The molecule has 0 fully saturated rings. The summed E-state index contributed by atoms with van der Waals surface area (Å²) in [7, 11) is 0. The van der Waals surface area contributed by atoms with Crippen LogP contribution in [0.5, 0.6) is 23.0 Å². The van der Waals surface area contributed by atoms with Crippen molar-refractivity contribution in [3.05, 3.63) is 52.1 Å². The van der Waals surface area contributed by atoms with Gasteiger partial charge in [0.05, 0.1) is 11.0 Å². The van der Waals surface area contributed by atoms with Crippen LogP contribution in [0, 0.1) is 10.1 Å². The Kier molecular flexibility index (Phi) is 2.64. The maximum absolute atomic E-state index is 11.3. The Bertz CT molecular complexity index is 675. The molecule has 1 aliphatic rings. The molecule has 100 valence electrons. The molecule has 1 aliphatic heterocycles. The van der Waals surface area contributed by atoms with Crippen LogP contribution in [-0.2, 0) is 0 Å². The number of non-ortho nitro benzene ring substituents is 1. The quantitative estimate of drug-likeness (QED) is 0.403. The summed E-state index contributed by atoms with van der Waals surface area (Å²) in [6.45, 7) is 1.46. The van der Waals surface area contributed by atoms with E-state index in [0.29, 0.717) is 22.8 Å². The van der Waals surface area contributed by atoms with Crippen LogP contribution < -0.4 is 9.47 Å². The maximum Gasteiger partial charge on any atom is 0.273 e. The third kappa shape index (κ3) is 1.97. The number of fused-ring (bicyclic) bond motifs is 2. The van der Waals surface area contributed by atoms with Crippen molar-refractivity contribution >= 4 is 11.5 Å². The molecule has 0 amide bonds. The zero-order valence-electron chi connectivity index (χ0n) is 10.5. The SMILES string of the molecule is CC(=O)c1ccc2c(c1)Oc1ccc([N+](=O)[O-])cc1O2. The summed E-state index contributed by atoms with van der Waals surface area (Å²) in [4.78, 5) is 21.5. The summed E-state index contributed by atoms with van der Waals surface area (Å²) >= 11 is 0. The zero-order chi connectivity index (χ0) is 14.3. The van der Waals surface area contributed by atoms with Gasteiger partial charge in [-0.15, -0.1) is 0 Å². The monoisotopic (exact) mass is 271 g/mol. The Morgan fingerprint density at radius 2 is 1.60 bits per heavy atom. The van der Waals surface area contributed by atoms with E-state index in [1.165, 1.54) is 25.1 Å². The number of carbonyl (C=O) groups excluding carboxylic acids is 1. The summed E-state index contributed by atoms with van der Waals surface area (Å²) in [6.07, 6.45) is 0. The second-order valence-electron chi connectivity index (χ2n) is 4.31. The molecule has 0 bridgehead atoms. The number of ether oxygens (including phenoxy) is 2. The molecule has 0 unspecified atom stereocenters. The van der Waals surface area contributed by atoms with Crippen molar-refractivity contribution < 1.29 is 19.2 Å². The predicted molar refractivity (Wildman–Crippen MR) is 69.7 cm³/mol. The van der Waals surface area contributed by atoms with Crippen LogP contribution in [-0.4, -0.2) is 10.7 Å². The molecule has 0 aromatic heterocycles. The van der Waals surface area contributed by atoms with Gasteiger partial charge in [0.15, 0.2) is 28.8 Å². The molecule has 2 aromatic carbocycles. The molecular formula is C14H9NO5. The number of benzene rings is 2. The van der Waals surface area contributed by atoms with Gasteiger partial charge in [0.1, 0.15) is 0 Å². The fourth-order valence-corrected chi connectivity index (χ4v) is 1.90. The Hall–Kier alpha value is -2.89. The normalized spacial score (nSPS) is 11.7. The maximum atomic E-state index is 11.3. The second kappa shape index (κ2) is 4.34. The van der Waals surface area contributed by atoms with E-state index >= 15 is 0 Å². The summed E-state index contributed by atoms with van der Waals surface area (Å²) in [5.41, 5.74) is 0.439. The molecule has 20 heavy (non-hydrogen) atoms. The lowest BCUT2D eigenvalue weighted by Crippen LogP contribution is -2.01. The molecular weight excluding hydrogens is 262 g/mol. The number of ketones is 1. The fourth-order valence-electron chi connectivity index (χ4n) is 1.90. The van der Waals surface area contributed by atoms with Gasteiger partial charge in [-0.05, 0) is 31.2 Å². The van der Waals surface area contributed by atoms with Crippen LogP contribution in [0.1, 0.15) is 17.3 Å². The first kappa shape index (κ1) is 12.2. The van der Waals surface area contributed by atoms with Gasteiger partial charge in [0.25, 0.3) is 5.69 Å². The lowest BCUT2D eigenvalue weighted by atomic mass is 10.1. The molecule has 6 heteroatoms. The summed E-state index contributed by atoms with van der Waals surface area (Å²) in [6, 6.07) is 8.92. The second-order valence-corrected chi connectivity index (χ2v) is 4.31. The van der Waals surface area contributed by atoms with Crippen LogP contribution >= 0.6 is 0 Å². The molecule has 2 aromatic rings. The number of hydrogen-bond donors (Lipinski definition) is 0. The van der Waals surface area contributed by atoms with Crippen molar-refractivity contribution in [3.8, 4) is 23.0 Å². The molecule has 0 saturated heterocycles. The van der Waals surface area contributed by atoms with E-state index in [-0.39, 0.29) is 17.2 Å². The van der Waals surface area contributed by atoms with Crippen molar-refractivity contribution in [2.24, 2.45) is 0 Å². The van der Waals surface area contributed by atoms with Crippen LogP contribution in [0.3, 0.4) is 0 Å². The number of carbonyl (C=O) groups is 1. The minimum absolute atomic E-state index is 0.0730. The van der Waals surface area contributed by atoms with E-state index in [4.69, 9.17) is 9.47 Å². The highest BCUT2D eigenvalue weighted by molar-refractivity contribution is 5.94. The van der Waals surface area contributed by atoms with Crippen LogP contribution in [0.2, 0.25) is 0 Å². The lowest BCUT2D eigenvalue weighted by Gasteiger charge is -2.20. The molecule has 0 spiro atoms. The fraction of sp³-hybridized carbons (Fsp3) is 0.0714. The van der Waals surface area contributed by atoms with Crippen molar-refractivity contribution in [2.45, 2.75) is 6.92 Å². The topological polar surface area (TPSA) is 78.7 Å². The lowest BCUT2D eigenvalue weighted by molar-refractivity contribution is -0.384. The molecule has 0 saturated carbocycles. The van der Waals surface area contributed by atoms with Crippen molar-refractivity contribution in [1.82, 2.24) is 0 Å². The standard InChI is InChI=1S/C14H9NO5/c1-8(16)9-2-4-11-13(6-9)19-12-5-3-10(15(17)18)7-14(12)20-11/h2-7H,1H3. The molecule has 0 N–H and O–H groups in total. The minimum Gasteiger partial charge on any atom is -0.449 e. The highest BCUT2D eigenvalue weighted by atomic mass is 16.6. The van der Waals surface area contributed by atoms with E-state index in [1.54, 1.807) is 18.2 Å². The smallest absolute Gasteiger partial charge is 0.273 e. The number of Topliss-reactive ketones (excluding diaryl/α,β-unsaturated/α-hetero) is 1. The van der Waals surface area contributed by atoms with Crippen LogP contribution in [0.15, 0.2) is 36.4 Å². The Morgan fingerprint density at radius 3 is 2.20 bits per heavy atom. The van der Waals surface area contributed by atoms with E-state index in [0.717, 1.165) is 0 Å². The van der Waals surface area contributed by atoms with Gasteiger partial charge in [0.2, 0.25) is 0 Å². The number of nitrogens with zero attached hydrogens (tertiary/aromatic N) is 1. The molecule has 0 aliphatic carbocycles. The van der Waals surface area contributed by atoms with Crippen LogP contribution in [0.25, 0.3) is 0 Å². The number of rotatable bonds is 2. The first-order valence-corrected chi connectivity index (χ1v) is 5.84. The van der Waals surface area contributed by atoms with E-state index in [2.05, 4.69) is 0 Å². The first-order valence-electron chi connectivity index (χ1n) is 5.84. The van der Waals surface area contributed by atoms with Crippen molar-refractivity contribution in [3.63, 3.8) is 0 Å². The number of nitro groups is 1. The Labute approximate surface area is 113 Å². The first-order chi connectivity index (χ1) is 9.54. The summed E-state index contributed by atoms with van der Waals surface area (Å²) in [5.74, 6) is 1.42. The molecule has 0 radical (unpaired) electrons. The minimum atomic E-state index is -0.502. The average Bonchev–Trinajstić information content (AvgIpc) is 2.43. The number of nitro benzene ring substituents is 1. The summed E-state index contributed by atoms with van der Waals surface area (Å²) < 4.78 is 11.2. The highest BCUT2D eigenvalue weighted by Gasteiger charge is 2.22. The summed E-state index contributed by atoms with van der Waals surface area (Å²) in [5, 5.41) is 10.7. The molecule has 3 rings (SSSR count). The van der Waals surface area contributed by atoms with Crippen molar-refractivity contribution in [1.29, 1.82) is 0 Å².